The number of nitrogens with zero attached hydrogens (tertiary/aromatic N) is 1. The van der Waals surface area contributed by atoms with Crippen molar-refractivity contribution in [3.8, 4) is 0 Å². The maximum atomic E-state index is 13.2. The molecule has 1 atom stereocenters. The molecule has 5 nitrogen and oxygen atoms in total. The number of nitrogens with one attached hydrogen (secondary N) is 1. The number of carbonyl (C=O) groups is 2. The van der Waals surface area contributed by atoms with Crippen molar-refractivity contribution in [3.63, 3.8) is 0 Å². The zero-order valence-corrected chi connectivity index (χ0v) is 12.3. The first-order chi connectivity index (χ1) is 10.9. The molecule has 1 aliphatic heterocycles. The fraction of sp³-hybridized carbons (Fsp3) is 0.467. The maximum Gasteiger partial charge on any atom is 0.222 e. The summed E-state index contributed by atoms with van der Waals surface area (Å²) in [5, 5.41) is 11.7. The van der Waals surface area contributed by atoms with Crippen LogP contribution < -0.4 is 5.32 Å². The summed E-state index contributed by atoms with van der Waals surface area (Å²) in [5.41, 5.74) is -0.0745. The van der Waals surface area contributed by atoms with Gasteiger partial charge < -0.3 is 15.3 Å². The van der Waals surface area contributed by atoms with Crippen molar-refractivity contribution in [1.82, 2.24) is 10.2 Å². The zero-order chi connectivity index (χ0) is 17.0. The standard InChI is InChI=1S/C15H17F3N2O3/c16-10-6-9(7-11(17)15(10)18)12(8-21)19-13(22)3-5-20-4-1-2-14(20)23/h6-7,12,21H,1-5,8H2,(H,19,22). The lowest BCUT2D eigenvalue weighted by molar-refractivity contribution is -0.128. The van der Waals surface area contributed by atoms with Crippen LogP contribution in [0.3, 0.4) is 0 Å². The molecular weight excluding hydrogens is 313 g/mol. The van der Waals surface area contributed by atoms with Gasteiger partial charge in [0.15, 0.2) is 17.5 Å². The quantitative estimate of drug-likeness (QED) is 0.772. The van der Waals surface area contributed by atoms with Crippen LogP contribution in [0.1, 0.15) is 30.9 Å². The molecule has 2 rings (SSSR count). The Hall–Kier alpha value is -2.09. The summed E-state index contributed by atoms with van der Waals surface area (Å²) < 4.78 is 39.4. The van der Waals surface area contributed by atoms with Crippen LogP contribution in [0.4, 0.5) is 13.2 Å². The lowest BCUT2D eigenvalue weighted by Gasteiger charge is -2.19. The van der Waals surface area contributed by atoms with E-state index in [9.17, 15) is 27.9 Å². The molecule has 0 radical (unpaired) electrons. The molecule has 1 aromatic rings. The third-order valence-corrected chi connectivity index (χ3v) is 3.71. The molecule has 1 heterocycles. The first kappa shape index (κ1) is 17.3. The van der Waals surface area contributed by atoms with Gasteiger partial charge in [-0.2, -0.15) is 0 Å². The fourth-order valence-corrected chi connectivity index (χ4v) is 2.45. The van der Waals surface area contributed by atoms with Crippen molar-refractivity contribution in [1.29, 1.82) is 0 Å². The number of hydrogen-bond acceptors (Lipinski definition) is 3. The Kier molecular flexibility index (Phi) is 5.59. The molecule has 0 aromatic heterocycles. The Balaban J connectivity index is 1.96. The molecule has 23 heavy (non-hydrogen) atoms. The average Bonchev–Trinajstić information content (AvgIpc) is 2.93. The van der Waals surface area contributed by atoms with Gasteiger partial charge in [-0.05, 0) is 24.1 Å². The number of halogens is 3. The van der Waals surface area contributed by atoms with Crippen molar-refractivity contribution in [2.45, 2.75) is 25.3 Å². The Morgan fingerprint density at radius 3 is 2.48 bits per heavy atom. The Morgan fingerprint density at radius 2 is 1.96 bits per heavy atom. The Morgan fingerprint density at radius 1 is 1.30 bits per heavy atom. The van der Waals surface area contributed by atoms with Crippen LogP contribution in [-0.2, 0) is 9.59 Å². The van der Waals surface area contributed by atoms with E-state index < -0.39 is 36.0 Å². The normalized spacial score (nSPS) is 15.8. The number of hydrogen-bond donors (Lipinski definition) is 2. The van der Waals surface area contributed by atoms with E-state index >= 15 is 0 Å². The topological polar surface area (TPSA) is 69.6 Å². The minimum atomic E-state index is -1.61. The molecule has 1 fully saturated rings. The van der Waals surface area contributed by atoms with Crippen LogP contribution in [0.15, 0.2) is 12.1 Å². The van der Waals surface area contributed by atoms with Crippen LogP contribution in [0.5, 0.6) is 0 Å². The number of amides is 2. The predicted octanol–water partition coefficient (Wildman–Crippen LogP) is 1.27. The second kappa shape index (κ2) is 7.45. The third kappa shape index (κ3) is 4.22. The Bertz CT molecular complexity index is 587. The van der Waals surface area contributed by atoms with Crippen molar-refractivity contribution in [2.24, 2.45) is 0 Å². The van der Waals surface area contributed by atoms with E-state index in [4.69, 9.17) is 0 Å². The summed E-state index contributed by atoms with van der Waals surface area (Å²) in [6.07, 6.45) is 1.23. The van der Waals surface area contributed by atoms with E-state index in [0.29, 0.717) is 13.0 Å². The van der Waals surface area contributed by atoms with Gasteiger partial charge in [-0.3, -0.25) is 9.59 Å². The summed E-state index contributed by atoms with van der Waals surface area (Å²) in [4.78, 5) is 24.9. The molecule has 1 aliphatic rings. The average molecular weight is 330 g/mol. The van der Waals surface area contributed by atoms with Gasteiger partial charge in [0.25, 0.3) is 0 Å². The van der Waals surface area contributed by atoms with Crippen molar-refractivity contribution in [2.75, 3.05) is 19.7 Å². The van der Waals surface area contributed by atoms with Crippen molar-refractivity contribution in [3.05, 3.63) is 35.1 Å². The minimum absolute atomic E-state index is 0.00833. The molecule has 1 unspecified atom stereocenters. The number of aliphatic hydroxyl groups excluding tert-OH is 1. The molecule has 126 valence electrons. The van der Waals surface area contributed by atoms with Gasteiger partial charge >= 0.3 is 0 Å². The third-order valence-electron chi connectivity index (χ3n) is 3.71. The van der Waals surface area contributed by atoms with Gasteiger partial charge in [0.2, 0.25) is 11.8 Å². The first-order valence-corrected chi connectivity index (χ1v) is 7.24. The largest absolute Gasteiger partial charge is 0.394 e. The second-order valence-corrected chi connectivity index (χ2v) is 5.34. The van der Waals surface area contributed by atoms with Crippen LogP contribution in [0, 0.1) is 17.5 Å². The molecule has 0 aliphatic carbocycles. The number of carbonyl (C=O) groups excluding carboxylic acids is 2. The fourth-order valence-electron chi connectivity index (χ4n) is 2.45. The van der Waals surface area contributed by atoms with E-state index in [2.05, 4.69) is 5.32 Å². The zero-order valence-electron chi connectivity index (χ0n) is 12.3. The van der Waals surface area contributed by atoms with E-state index in [-0.39, 0.29) is 24.4 Å². The maximum absolute atomic E-state index is 13.2. The second-order valence-electron chi connectivity index (χ2n) is 5.34. The highest BCUT2D eigenvalue weighted by atomic mass is 19.2. The molecule has 0 saturated carbocycles. The van der Waals surface area contributed by atoms with E-state index in [1.165, 1.54) is 0 Å². The van der Waals surface area contributed by atoms with Gasteiger partial charge in [0.1, 0.15) is 0 Å². The highest BCUT2D eigenvalue weighted by molar-refractivity contribution is 5.80. The lowest BCUT2D eigenvalue weighted by atomic mass is 10.1. The van der Waals surface area contributed by atoms with Gasteiger partial charge in [-0.25, -0.2) is 13.2 Å². The molecule has 0 spiro atoms. The SMILES string of the molecule is O=C(CCN1CCCC1=O)NC(CO)c1cc(F)c(F)c(F)c1. The van der Waals surface area contributed by atoms with Crippen LogP contribution >= 0.6 is 0 Å². The highest BCUT2D eigenvalue weighted by Crippen LogP contribution is 2.19. The summed E-state index contributed by atoms with van der Waals surface area (Å²) in [6, 6.07) is 0.397. The smallest absolute Gasteiger partial charge is 0.222 e. The molecule has 8 heteroatoms. The molecule has 1 aromatic carbocycles. The summed E-state index contributed by atoms with van der Waals surface area (Å²) in [6.45, 7) is 0.248. The molecule has 2 amide bonds. The summed E-state index contributed by atoms with van der Waals surface area (Å²) in [7, 11) is 0. The van der Waals surface area contributed by atoms with Crippen molar-refractivity contribution < 1.29 is 27.9 Å². The van der Waals surface area contributed by atoms with E-state index in [1.807, 2.05) is 0 Å². The highest BCUT2D eigenvalue weighted by Gasteiger charge is 2.22. The van der Waals surface area contributed by atoms with Crippen LogP contribution in [0.2, 0.25) is 0 Å². The molecule has 2 N–H and O–H groups in total. The van der Waals surface area contributed by atoms with Gasteiger partial charge in [-0.1, -0.05) is 0 Å². The summed E-state index contributed by atoms with van der Waals surface area (Å²) >= 11 is 0. The van der Waals surface area contributed by atoms with E-state index in [1.54, 1.807) is 4.90 Å². The first-order valence-electron chi connectivity index (χ1n) is 7.24. The summed E-state index contributed by atoms with van der Waals surface area (Å²) in [5.74, 6) is -4.89. The van der Waals surface area contributed by atoms with Crippen LogP contribution in [-0.4, -0.2) is 41.5 Å². The van der Waals surface area contributed by atoms with Gasteiger partial charge in [0.05, 0.1) is 12.6 Å². The number of aliphatic hydroxyl groups is 1. The van der Waals surface area contributed by atoms with Gasteiger partial charge in [0, 0.05) is 25.9 Å². The monoisotopic (exact) mass is 330 g/mol. The van der Waals surface area contributed by atoms with E-state index in [0.717, 1.165) is 18.6 Å². The molecular formula is C15H17F3N2O3. The molecule has 1 saturated heterocycles. The number of benzene rings is 1. The molecule has 0 bridgehead atoms. The van der Waals surface area contributed by atoms with Gasteiger partial charge in [-0.15, -0.1) is 0 Å². The minimum Gasteiger partial charge on any atom is -0.394 e. The van der Waals surface area contributed by atoms with Crippen molar-refractivity contribution >= 4 is 11.8 Å². The lowest BCUT2D eigenvalue weighted by Crippen LogP contribution is -2.34. The number of likely N-dealkylation sites (tertiary alicyclic amines) is 1. The number of rotatable bonds is 6. The Labute approximate surface area is 131 Å². The van der Waals surface area contributed by atoms with Crippen LogP contribution in [0.25, 0.3) is 0 Å². The predicted molar refractivity (Wildman–Crippen MR) is 74.7 cm³/mol.